The monoisotopic (exact) mass is 566 g/mol. The van der Waals surface area contributed by atoms with Gasteiger partial charge in [0, 0.05) is 44.8 Å². The van der Waals surface area contributed by atoms with Crippen LogP contribution in [-0.2, 0) is 17.3 Å². The summed E-state index contributed by atoms with van der Waals surface area (Å²) < 4.78 is 4.83. The van der Waals surface area contributed by atoms with E-state index in [1.807, 2.05) is 18.5 Å². The van der Waals surface area contributed by atoms with Gasteiger partial charge in [0.25, 0.3) is 0 Å². The van der Waals surface area contributed by atoms with Crippen molar-refractivity contribution in [1.29, 1.82) is 0 Å². The summed E-state index contributed by atoms with van der Waals surface area (Å²) in [5.74, 6) is 0. The molecular weight excluding hydrogens is 536 g/mol. The molecule has 10 rings (SSSR count). The molecule has 1 atom stereocenters. The number of rotatable bonds is 2. The highest BCUT2D eigenvalue weighted by Crippen LogP contribution is 2.50. The van der Waals surface area contributed by atoms with Gasteiger partial charge >= 0.3 is 0 Å². The topological polar surface area (TPSA) is 35.6 Å². The first-order valence-corrected chi connectivity index (χ1v) is 15.5. The summed E-state index contributed by atoms with van der Waals surface area (Å²) in [6, 6.07) is 38.1. The molecule has 0 spiro atoms. The van der Waals surface area contributed by atoms with Crippen molar-refractivity contribution in [2.75, 3.05) is 0 Å². The number of para-hydroxylation sites is 3. The summed E-state index contributed by atoms with van der Waals surface area (Å²) in [5, 5.41) is 5.04. The first-order valence-electron chi connectivity index (χ1n) is 15.5. The number of fused-ring (bicyclic) bond motifs is 10. The third-order valence-corrected chi connectivity index (χ3v) is 10.6. The molecule has 0 aliphatic carbocycles. The molecule has 4 aromatic heterocycles. The SMILES string of the molecule is CC1(C)c2ccccc2-n2c3ccc(CC4(C)c5ccccc5-n5c6ncccc6c6cccc4c65)cc3c3ccnc1c32. The van der Waals surface area contributed by atoms with Crippen LogP contribution in [-0.4, -0.2) is 19.1 Å². The van der Waals surface area contributed by atoms with Crippen LogP contribution in [0.25, 0.3) is 55.1 Å². The smallest absolute Gasteiger partial charge is 0.145 e. The van der Waals surface area contributed by atoms with Gasteiger partial charge < -0.3 is 4.57 Å². The van der Waals surface area contributed by atoms with Gasteiger partial charge in [0.1, 0.15) is 5.65 Å². The summed E-state index contributed by atoms with van der Waals surface area (Å²) in [5.41, 5.74) is 13.4. The van der Waals surface area contributed by atoms with E-state index in [-0.39, 0.29) is 10.8 Å². The van der Waals surface area contributed by atoms with E-state index in [0.29, 0.717) is 0 Å². The van der Waals surface area contributed by atoms with Crippen LogP contribution in [0.2, 0.25) is 0 Å². The lowest BCUT2D eigenvalue weighted by Crippen LogP contribution is -2.32. The molecule has 8 aromatic rings. The van der Waals surface area contributed by atoms with E-state index in [9.17, 15) is 0 Å². The third-order valence-electron chi connectivity index (χ3n) is 10.6. The van der Waals surface area contributed by atoms with Gasteiger partial charge in [-0.05, 0) is 85.0 Å². The molecule has 1 unspecified atom stereocenters. The van der Waals surface area contributed by atoms with Crippen molar-refractivity contribution < 1.29 is 0 Å². The fraction of sp³-hybridized carbons (Fsp3) is 0.150. The Morgan fingerprint density at radius 2 is 1.30 bits per heavy atom. The van der Waals surface area contributed by atoms with Crippen LogP contribution in [0.3, 0.4) is 0 Å². The van der Waals surface area contributed by atoms with Crippen LogP contribution in [0.5, 0.6) is 0 Å². The Bertz CT molecular complexity index is 2530. The number of pyridine rings is 2. The maximum absolute atomic E-state index is 4.97. The summed E-state index contributed by atoms with van der Waals surface area (Å²) >= 11 is 0. The summed E-state index contributed by atoms with van der Waals surface area (Å²) in [4.78, 5) is 9.83. The number of nitrogens with zero attached hydrogens (tertiary/aromatic N) is 4. The van der Waals surface area contributed by atoms with Crippen LogP contribution in [0.4, 0.5) is 0 Å². The summed E-state index contributed by atoms with van der Waals surface area (Å²) in [6.07, 6.45) is 4.79. The molecule has 6 heterocycles. The first kappa shape index (κ1) is 24.2. The number of hydrogen-bond acceptors (Lipinski definition) is 2. The lowest BCUT2D eigenvalue weighted by Gasteiger charge is -2.37. The van der Waals surface area contributed by atoms with Gasteiger partial charge in [0.15, 0.2) is 0 Å². The number of aromatic nitrogens is 4. The highest BCUT2D eigenvalue weighted by Gasteiger charge is 2.40. The van der Waals surface area contributed by atoms with E-state index >= 15 is 0 Å². The Kier molecular flexibility index (Phi) is 4.42. The Morgan fingerprint density at radius 3 is 2.16 bits per heavy atom. The second-order valence-corrected chi connectivity index (χ2v) is 13.3. The molecule has 0 amide bonds. The average molecular weight is 567 g/mol. The molecule has 0 fully saturated rings. The molecule has 2 aliphatic heterocycles. The molecule has 4 heteroatoms. The Morgan fingerprint density at radius 1 is 0.568 bits per heavy atom. The predicted octanol–water partition coefficient (Wildman–Crippen LogP) is 9.17. The van der Waals surface area contributed by atoms with Gasteiger partial charge in [-0.2, -0.15) is 0 Å². The van der Waals surface area contributed by atoms with E-state index in [4.69, 9.17) is 9.97 Å². The van der Waals surface area contributed by atoms with E-state index < -0.39 is 0 Å². The molecule has 210 valence electrons. The van der Waals surface area contributed by atoms with Crippen LogP contribution < -0.4 is 0 Å². The minimum atomic E-state index is -0.220. The van der Waals surface area contributed by atoms with Gasteiger partial charge in [-0.3, -0.25) is 9.55 Å². The standard InChI is InChI=1S/C40H30N4/c1-39(2)29-12-4-6-15-33(29)43-32-18-17-24(22-28(32)26-19-21-41-37(39)36(26)43)23-40(3)30-13-5-7-16-34(30)44-35-25(10-8-14-31(35)40)27-11-9-20-42-38(27)44/h4-22H,23H2,1-3H3. The van der Waals surface area contributed by atoms with Gasteiger partial charge in [-0.15, -0.1) is 0 Å². The molecule has 0 saturated heterocycles. The lowest BCUT2D eigenvalue weighted by atomic mass is 9.69. The Labute approximate surface area is 255 Å². The normalized spacial score (nSPS) is 17.8. The van der Waals surface area contributed by atoms with Crippen LogP contribution in [0.15, 0.2) is 116 Å². The van der Waals surface area contributed by atoms with Crippen LogP contribution in [0.1, 0.15) is 48.7 Å². The molecule has 2 aliphatic rings. The zero-order valence-electron chi connectivity index (χ0n) is 25.0. The van der Waals surface area contributed by atoms with Crippen molar-refractivity contribution in [2.45, 2.75) is 38.0 Å². The maximum atomic E-state index is 4.97. The van der Waals surface area contributed by atoms with E-state index in [1.54, 1.807) is 0 Å². The zero-order valence-corrected chi connectivity index (χ0v) is 25.0. The van der Waals surface area contributed by atoms with Gasteiger partial charge in [-0.1, -0.05) is 67.6 Å². The quantitative estimate of drug-likeness (QED) is 0.209. The van der Waals surface area contributed by atoms with Gasteiger partial charge in [0.05, 0.1) is 33.6 Å². The van der Waals surface area contributed by atoms with Crippen molar-refractivity contribution in [3.8, 4) is 11.4 Å². The molecule has 4 nitrogen and oxygen atoms in total. The van der Waals surface area contributed by atoms with Gasteiger partial charge in [-0.25, -0.2) is 4.98 Å². The fourth-order valence-corrected chi connectivity index (χ4v) is 8.61. The Balaban J connectivity index is 1.23. The second-order valence-electron chi connectivity index (χ2n) is 13.3. The van der Waals surface area contributed by atoms with Crippen molar-refractivity contribution >= 4 is 43.7 Å². The molecule has 4 aromatic carbocycles. The van der Waals surface area contributed by atoms with Crippen molar-refractivity contribution in [3.63, 3.8) is 0 Å². The van der Waals surface area contributed by atoms with Gasteiger partial charge in [0.2, 0.25) is 0 Å². The number of benzene rings is 4. The second kappa shape index (κ2) is 8.03. The third kappa shape index (κ3) is 2.80. The first-order chi connectivity index (χ1) is 21.5. The Hall–Kier alpha value is -5.22. The average Bonchev–Trinajstić information content (AvgIpc) is 3.57. The molecule has 0 N–H and O–H groups in total. The largest absolute Gasteiger partial charge is 0.307 e. The maximum Gasteiger partial charge on any atom is 0.145 e. The summed E-state index contributed by atoms with van der Waals surface area (Å²) in [6.45, 7) is 7.03. The summed E-state index contributed by atoms with van der Waals surface area (Å²) in [7, 11) is 0. The molecule has 0 bridgehead atoms. The lowest BCUT2D eigenvalue weighted by molar-refractivity contribution is 0.560. The zero-order chi connectivity index (χ0) is 29.4. The van der Waals surface area contributed by atoms with E-state index in [1.165, 1.54) is 71.7 Å². The molecule has 0 saturated carbocycles. The van der Waals surface area contributed by atoms with Crippen molar-refractivity contribution in [3.05, 3.63) is 143 Å². The molecule has 0 radical (unpaired) electrons. The van der Waals surface area contributed by atoms with E-state index in [0.717, 1.165) is 17.8 Å². The molecule has 44 heavy (non-hydrogen) atoms. The van der Waals surface area contributed by atoms with Crippen LogP contribution in [0, 0.1) is 0 Å². The van der Waals surface area contributed by atoms with E-state index in [2.05, 4.69) is 127 Å². The molecular formula is C40H30N4. The fourth-order valence-electron chi connectivity index (χ4n) is 8.61. The van der Waals surface area contributed by atoms with Crippen molar-refractivity contribution in [2.24, 2.45) is 0 Å². The predicted molar refractivity (Wildman–Crippen MR) is 179 cm³/mol. The van der Waals surface area contributed by atoms with Crippen LogP contribution >= 0.6 is 0 Å². The minimum Gasteiger partial charge on any atom is -0.307 e. The number of hydrogen-bond donors (Lipinski definition) is 0. The highest BCUT2D eigenvalue weighted by molar-refractivity contribution is 6.12. The highest BCUT2D eigenvalue weighted by atomic mass is 15.1. The van der Waals surface area contributed by atoms with Crippen molar-refractivity contribution in [1.82, 2.24) is 19.1 Å². The minimum absolute atomic E-state index is 0.172.